The SMILES string of the molecule is O=C(C1CCOCC1)N1CC=C(c2cccnc2)CC1. The van der Waals surface area contributed by atoms with Gasteiger partial charge in [0, 0.05) is 44.6 Å². The van der Waals surface area contributed by atoms with Crippen molar-refractivity contribution in [3.8, 4) is 0 Å². The van der Waals surface area contributed by atoms with Crippen molar-refractivity contribution in [2.24, 2.45) is 5.92 Å². The molecule has 2 aliphatic rings. The van der Waals surface area contributed by atoms with Gasteiger partial charge in [0.05, 0.1) is 0 Å². The summed E-state index contributed by atoms with van der Waals surface area (Å²) >= 11 is 0. The summed E-state index contributed by atoms with van der Waals surface area (Å²) in [5, 5.41) is 0. The fraction of sp³-hybridized carbons (Fsp3) is 0.500. The zero-order valence-corrected chi connectivity index (χ0v) is 11.6. The van der Waals surface area contributed by atoms with Crippen LogP contribution in [0, 0.1) is 5.92 Å². The number of rotatable bonds is 2. The zero-order valence-electron chi connectivity index (χ0n) is 11.6. The minimum atomic E-state index is 0.164. The fourth-order valence-corrected chi connectivity index (χ4v) is 2.89. The van der Waals surface area contributed by atoms with Crippen LogP contribution in [0.25, 0.3) is 5.57 Å². The highest BCUT2D eigenvalue weighted by Crippen LogP contribution is 2.24. The number of hydrogen-bond donors (Lipinski definition) is 0. The first-order valence-electron chi connectivity index (χ1n) is 7.30. The Kier molecular flexibility index (Phi) is 4.11. The predicted molar refractivity (Wildman–Crippen MR) is 77.0 cm³/mol. The Balaban J connectivity index is 1.62. The van der Waals surface area contributed by atoms with Gasteiger partial charge >= 0.3 is 0 Å². The number of pyridine rings is 1. The molecule has 0 saturated carbocycles. The first kappa shape index (κ1) is 13.3. The van der Waals surface area contributed by atoms with Crippen molar-refractivity contribution in [2.45, 2.75) is 19.3 Å². The maximum Gasteiger partial charge on any atom is 0.226 e. The zero-order chi connectivity index (χ0) is 13.8. The molecule has 0 N–H and O–H groups in total. The first-order chi connectivity index (χ1) is 9.84. The van der Waals surface area contributed by atoms with Gasteiger partial charge in [0.2, 0.25) is 5.91 Å². The lowest BCUT2D eigenvalue weighted by Crippen LogP contribution is -2.40. The lowest BCUT2D eigenvalue weighted by Gasteiger charge is -2.31. The summed E-state index contributed by atoms with van der Waals surface area (Å²) in [7, 11) is 0. The fourth-order valence-electron chi connectivity index (χ4n) is 2.89. The topological polar surface area (TPSA) is 42.4 Å². The van der Waals surface area contributed by atoms with Crippen LogP contribution in [0.3, 0.4) is 0 Å². The molecular formula is C16H20N2O2. The van der Waals surface area contributed by atoms with E-state index in [2.05, 4.69) is 17.1 Å². The Morgan fingerprint density at radius 3 is 2.85 bits per heavy atom. The molecule has 0 spiro atoms. The average Bonchev–Trinajstić information content (AvgIpc) is 2.56. The molecule has 1 amide bonds. The van der Waals surface area contributed by atoms with E-state index in [0.717, 1.165) is 45.6 Å². The number of hydrogen-bond acceptors (Lipinski definition) is 3. The van der Waals surface area contributed by atoms with Crippen LogP contribution in [-0.4, -0.2) is 42.1 Å². The van der Waals surface area contributed by atoms with E-state index in [0.29, 0.717) is 5.91 Å². The van der Waals surface area contributed by atoms with Crippen molar-refractivity contribution in [1.82, 2.24) is 9.88 Å². The summed E-state index contributed by atoms with van der Waals surface area (Å²) in [6.07, 6.45) is 8.50. The molecule has 1 fully saturated rings. The van der Waals surface area contributed by atoms with Crippen molar-refractivity contribution >= 4 is 11.5 Å². The molecule has 3 heterocycles. The van der Waals surface area contributed by atoms with Crippen LogP contribution < -0.4 is 0 Å². The molecule has 1 aromatic rings. The van der Waals surface area contributed by atoms with Gasteiger partial charge in [0.1, 0.15) is 0 Å². The van der Waals surface area contributed by atoms with Crippen molar-refractivity contribution in [3.05, 3.63) is 36.2 Å². The number of ether oxygens (including phenoxy) is 1. The maximum atomic E-state index is 12.4. The third-order valence-electron chi connectivity index (χ3n) is 4.12. The monoisotopic (exact) mass is 272 g/mol. The smallest absolute Gasteiger partial charge is 0.226 e. The number of nitrogens with zero attached hydrogens (tertiary/aromatic N) is 2. The molecule has 20 heavy (non-hydrogen) atoms. The van der Waals surface area contributed by atoms with Gasteiger partial charge in [-0.25, -0.2) is 0 Å². The molecule has 1 aromatic heterocycles. The van der Waals surface area contributed by atoms with Crippen molar-refractivity contribution in [3.63, 3.8) is 0 Å². The van der Waals surface area contributed by atoms with Crippen molar-refractivity contribution < 1.29 is 9.53 Å². The largest absolute Gasteiger partial charge is 0.381 e. The second-order valence-electron chi connectivity index (χ2n) is 5.39. The van der Waals surface area contributed by atoms with Crippen LogP contribution in [0.4, 0.5) is 0 Å². The molecule has 0 radical (unpaired) electrons. The molecular weight excluding hydrogens is 252 g/mol. The van der Waals surface area contributed by atoms with Crippen molar-refractivity contribution in [1.29, 1.82) is 0 Å². The van der Waals surface area contributed by atoms with E-state index in [1.807, 2.05) is 17.2 Å². The summed E-state index contributed by atoms with van der Waals surface area (Å²) in [6, 6.07) is 4.03. The van der Waals surface area contributed by atoms with Gasteiger partial charge in [-0.15, -0.1) is 0 Å². The lowest BCUT2D eigenvalue weighted by atomic mass is 9.96. The van der Waals surface area contributed by atoms with Gasteiger partial charge in [0.15, 0.2) is 0 Å². The molecule has 0 atom stereocenters. The van der Waals surface area contributed by atoms with Gasteiger partial charge in [-0.3, -0.25) is 9.78 Å². The minimum absolute atomic E-state index is 0.164. The molecule has 0 aromatic carbocycles. The van der Waals surface area contributed by atoms with Crippen LogP contribution in [0.2, 0.25) is 0 Å². The second kappa shape index (κ2) is 6.18. The highest BCUT2D eigenvalue weighted by atomic mass is 16.5. The Hall–Kier alpha value is -1.68. The standard InChI is InChI=1S/C16H20N2O2/c19-16(14-5-10-20-11-6-14)18-8-3-13(4-9-18)15-2-1-7-17-12-15/h1-3,7,12,14H,4-6,8-11H2. The molecule has 0 unspecified atom stereocenters. The molecule has 0 bridgehead atoms. The van der Waals surface area contributed by atoms with E-state index in [4.69, 9.17) is 4.74 Å². The highest BCUT2D eigenvalue weighted by molar-refractivity contribution is 5.80. The lowest BCUT2D eigenvalue weighted by molar-refractivity contribution is -0.138. The van der Waals surface area contributed by atoms with Crippen LogP contribution in [0.1, 0.15) is 24.8 Å². The summed E-state index contributed by atoms with van der Waals surface area (Å²) in [4.78, 5) is 18.6. The van der Waals surface area contributed by atoms with E-state index >= 15 is 0 Å². The summed E-state index contributed by atoms with van der Waals surface area (Å²) < 4.78 is 5.32. The van der Waals surface area contributed by atoms with Gasteiger partial charge in [-0.2, -0.15) is 0 Å². The number of amides is 1. The van der Waals surface area contributed by atoms with E-state index < -0.39 is 0 Å². The second-order valence-corrected chi connectivity index (χ2v) is 5.39. The van der Waals surface area contributed by atoms with Gasteiger partial charge in [0.25, 0.3) is 0 Å². The Labute approximate surface area is 119 Å². The van der Waals surface area contributed by atoms with E-state index in [-0.39, 0.29) is 5.92 Å². The number of aromatic nitrogens is 1. The molecule has 3 rings (SSSR count). The molecule has 4 nitrogen and oxygen atoms in total. The molecule has 4 heteroatoms. The van der Waals surface area contributed by atoms with Gasteiger partial charge < -0.3 is 9.64 Å². The molecule has 106 valence electrons. The predicted octanol–water partition coefficient (Wildman–Crippen LogP) is 2.12. The summed E-state index contributed by atoms with van der Waals surface area (Å²) in [5.74, 6) is 0.465. The van der Waals surface area contributed by atoms with Gasteiger partial charge in [-0.05, 0) is 36.5 Å². The van der Waals surface area contributed by atoms with Gasteiger partial charge in [-0.1, -0.05) is 12.1 Å². The molecule has 1 saturated heterocycles. The van der Waals surface area contributed by atoms with E-state index in [9.17, 15) is 4.79 Å². The number of carbonyl (C=O) groups is 1. The first-order valence-corrected chi connectivity index (χ1v) is 7.30. The normalized spacial score (nSPS) is 20.6. The van der Waals surface area contributed by atoms with E-state index in [1.165, 1.54) is 11.1 Å². The average molecular weight is 272 g/mol. The third kappa shape index (κ3) is 2.90. The van der Waals surface area contributed by atoms with E-state index in [1.54, 1.807) is 6.20 Å². The maximum absolute atomic E-state index is 12.4. The van der Waals surface area contributed by atoms with Crippen LogP contribution in [0.15, 0.2) is 30.6 Å². The minimum Gasteiger partial charge on any atom is -0.381 e. The van der Waals surface area contributed by atoms with Crippen molar-refractivity contribution in [2.75, 3.05) is 26.3 Å². The Morgan fingerprint density at radius 2 is 2.20 bits per heavy atom. The Morgan fingerprint density at radius 1 is 1.35 bits per heavy atom. The summed E-state index contributed by atoms with van der Waals surface area (Å²) in [5.41, 5.74) is 2.47. The quantitative estimate of drug-likeness (QED) is 0.828. The third-order valence-corrected chi connectivity index (χ3v) is 4.12. The molecule has 0 aliphatic carbocycles. The van der Waals surface area contributed by atoms with Crippen LogP contribution >= 0.6 is 0 Å². The summed E-state index contributed by atoms with van der Waals surface area (Å²) in [6.45, 7) is 2.99. The molecule has 2 aliphatic heterocycles. The van der Waals surface area contributed by atoms with Crippen LogP contribution in [0.5, 0.6) is 0 Å². The Bertz CT molecular complexity index is 492. The highest BCUT2D eigenvalue weighted by Gasteiger charge is 2.27. The number of carbonyl (C=O) groups excluding carboxylic acids is 1. The van der Waals surface area contributed by atoms with Crippen LogP contribution in [-0.2, 0) is 9.53 Å².